The average molecular weight is 283 g/mol. The minimum Gasteiger partial charge on any atom is -0.481 e. The van der Waals surface area contributed by atoms with E-state index in [0.717, 1.165) is 11.1 Å². The first kappa shape index (κ1) is 15.1. The highest BCUT2D eigenvalue weighted by molar-refractivity contribution is 5.81. The summed E-state index contributed by atoms with van der Waals surface area (Å²) in [4.78, 5) is 12.2. The molecule has 2 aromatic rings. The van der Waals surface area contributed by atoms with Crippen molar-refractivity contribution in [2.24, 2.45) is 0 Å². The summed E-state index contributed by atoms with van der Waals surface area (Å²) in [5.74, 6) is 0.595. The molecule has 0 saturated carbocycles. The van der Waals surface area contributed by atoms with Crippen molar-refractivity contribution in [3.05, 3.63) is 65.7 Å². The molecule has 2 atom stereocenters. The molecule has 21 heavy (non-hydrogen) atoms. The fourth-order valence-electron chi connectivity index (χ4n) is 2.10. The van der Waals surface area contributed by atoms with E-state index >= 15 is 0 Å². The van der Waals surface area contributed by atoms with Gasteiger partial charge in [-0.3, -0.25) is 4.79 Å². The van der Waals surface area contributed by atoms with Crippen molar-refractivity contribution in [3.63, 3.8) is 0 Å². The highest BCUT2D eigenvalue weighted by Gasteiger charge is 2.17. The van der Waals surface area contributed by atoms with Crippen LogP contribution in [0.1, 0.15) is 31.0 Å². The fourth-order valence-corrected chi connectivity index (χ4v) is 2.10. The van der Waals surface area contributed by atoms with Gasteiger partial charge in [-0.1, -0.05) is 42.5 Å². The van der Waals surface area contributed by atoms with Gasteiger partial charge in [0.05, 0.1) is 6.04 Å². The van der Waals surface area contributed by atoms with Crippen LogP contribution in [0.5, 0.6) is 5.75 Å². The molecule has 2 unspecified atom stereocenters. The van der Waals surface area contributed by atoms with Crippen molar-refractivity contribution < 1.29 is 9.53 Å². The SMILES string of the molecule is Cc1cccc(OC(C)C(=O)NC(C)c2ccccc2)c1. The molecule has 0 heterocycles. The van der Waals surface area contributed by atoms with Crippen LogP contribution in [0.25, 0.3) is 0 Å². The zero-order valence-corrected chi connectivity index (χ0v) is 12.7. The van der Waals surface area contributed by atoms with Crippen molar-refractivity contribution in [2.45, 2.75) is 32.9 Å². The van der Waals surface area contributed by atoms with Gasteiger partial charge in [-0.25, -0.2) is 0 Å². The quantitative estimate of drug-likeness (QED) is 0.909. The van der Waals surface area contributed by atoms with Crippen molar-refractivity contribution >= 4 is 5.91 Å². The van der Waals surface area contributed by atoms with Gasteiger partial charge in [0, 0.05) is 0 Å². The summed E-state index contributed by atoms with van der Waals surface area (Å²) in [5.41, 5.74) is 2.19. The molecule has 3 heteroatoms. The predicted molar refractivity (Wildman–Crippen MR) is 84.3 cm³/mol. The van der Waals surface area contributed by atoms with Gasteiger partial charge in [0.15, 0.2) is 6.10 Å². The Balaban J connectivity index is 1.94. The van der Waals surface area contributed by atoms with Gasteiger partial charge >= 0.3 is 0 Å². The molecule has 0 aliphatic rings. The number of rotatable bonds is 5. The molecule has 1 N–H and O–H groups in total. The first-order valence-electron chi connectivity index (χ1n) is 7.15. The summed E-state index contributed by atoms with van der Waals surface area (Å²) in [5, 5.41) is 2.97. The molecule has 2 aromatic carbocycles. The number of aryl methyl sites for hydroxylation is 1. The van der Waals surface area contributed by atoms with Crippen LogP contribution in [0.2, 0.25) is 0 Å². The summed E-state index contributed by atoms with van der Waals surface area (Å²) in [6.45, 7) is 5.72. The molecule has 0 aliphatic heterocycles. The molecule has 0 bridgehead atoms. The van der Waals surface area contributed by atoms with E-state index < -0.39 is 6.10 Å². The zero-order chi connectivity index (χ0) is 15.2. The third-order valence-electron chi connectivity index (χ3n) is 3.33. The maximum Gasteiger partial charge on any atom is 0.261 e. The number of hydrogen-bond acceptors (Lipinski definition) is 2. The molecule has 0 saturated heterocycles. The zero-order valence-electron chi connectivity index (χ0n) is 12.7. The molecule has 1 amide bonds. The van der Waals surface area contributed by atoms with Gasteiger partial charge < -0.3 is 10.1 Å². The Hall–Kier alpha value is -2.29. The highest BCUT2D eigenvalue weighted by Crippen LogP contribution is 2.15. The van der Waals surface area contributed by atoms with Gasteiger partial charge in [-0.15, -0.1) is 0 Å². The van der Waals surface area contributed by atoms with E-state index in [1.807, 2.05) is 68.4 Å². The van der Waals surface area contributed by atoms with Crippen LogP contribution in [-0.2, 0) is 4.79 Å². The monoisotopic (exact) mass is 283 g/mol. The molecule has 0 aromatic heterocycles. The summed E-state index contributed by atoms with van der Waals surface area (Å²) >= 11 is 0. The highest BCUT2D eigenvalue weighted by atomic mass is 16.5. The third-order valence-corrected chi connectivity index (χ3v) is 3.33. The lowest BCUT2D eigenvalue weighted by Crippen LogP contribution is -2.37. The van der Waals surface area contributed by atoms with Gasteiger partial charge in [0.2, 0.25) is 0 Å². The Morgan fingerprint density at radius 3 is 2.43 bits per heavy atom. The summed E-state index contributed by atoms with van der Waals surface area (Å²) in [6, 6.07) is 17.5. The Morgan fingerprint density at radius 2 is 1.76 bits per heavy atom. The lowest BCUT2D eigenvalue weighted by Gasteiger charge is -2.19. The van der Waals surface area contributed by atoms with E-state index in [9.17, 15) is 4.79 Å². The standard InChI is InChI=1S/C18H21NO2/c1-13-8-7-11-17(12-13)21-15(3)18(20)19-14(2)16-9-5-4-6-10-16/h4-12,14-15H,1-3H3,(H,19,20). The molecule has 0 aliphatic carbocycles. The second-order valence-corrected chi connectivity index (χ2v) is 5.22. The van der Waals surface area contributed by atoms with Crippen LogP contribution in [0, 0.1) is 6.92 Å². The van der Waals surface area contributed by atoms with Crippen LogP contribution in [0.3, 0.4) is 0 Å². The smallest absolute Gasteiger partial charge is 0.261 e. The minimum atomic E-state index is -0.530. The molecular weight excluding hydrogens is 262 g/mol. The van der Waals surface area contributed by atoms with Crippen molar-refractivity contribution in [2.75, 3.05) is 0 Å². The Kier molecular flexibility index (Phi) is 4.99. The maximum atomic E-state index is 12.2. The predicted octanol–water partition coefficient (Wildman–Crippen LogP) is 3.64. The number of carbonyl (C=O) groups excluding carboxylic acids is 1. The van der Waals surface area contributed by atoms with Crippen LogP contribution in [-0.4, -0.2) is 12.0 Å². The van der Waals surface area contributed by atoms with Crippen LogP contribution in [0.4, 0.5) is 0 Å². The van der Waals surface area contributed by atoms with Gasteiger partial charge in [-0.2, -0.15) is 0 Å². The Bertz CT molecular complexity index is 595. The van der Waals surface area contributed by atoms with E-state index in [1.54, 1.807) is 6.92 Å². The number of benzene rings is 2. The van der Waals surface area contributed by atoms with E-state index in [0.29, 0.717) is 5.75 Å². The molecule has 2 rings (SSSR count). The normalized spacial score (nSPS) is 13.3. The van der Waals surface area contributed by atoms with Crippen molar-refractivity contribution in [1.82, 2.24) is 5.32 Å². The van der Waals surface area contributed by atoms with Gasteiger partial charge in [0.1, 0.15) is 5.75 Å². The molecule has 3 nitrogen and oxygen atoms in total. The van der Waals surface area contributed by atoms with E-state index in [4.69, 9.17) is 4.74 Å². The first-order chi connectivity index (χ1) is 10.1. The first-order valence-corrected chi connectivity index (χ1v) is 7.15. The molecule has 0 radical (unpaired) electrons. The number of hydrogen-bond donors (Lipinski definition) is 1. The fraction of sp³-hybridized carbons (Fsp3) is 0.278. The second kappa shape index (κ2) is 6.93. The third kappa shape index (κ3) is 4.35. The van der Waals surface area contributed by atoms with Gasteiger partial charge in [0.25, 0.3) is 5.91 Å². The molecule has 0 fully saturated rings. The minimum absolute atomic E-state index is 0.0396. The lowest BCUT2D eigenvalue weighted by atomic mass is 10.1. The lowest BCUT2D eigenvalue weighted by molar-refractivity contribution is -0.127. The number of amides is 1. The van der Waals surface area contributed by atoms with Crippen LogP contribution < -0.4 is 10.1 Å². The van der Waals surface area contributed by atoms with Crippen LogP contribution >= 0.6 is 0 Å². The van der Waals surface area contributed by atoms with Crippen LogP contribution in [0.15, 0.2) is 54.6 Å². The second-order valence-electron chi connectivity index (χ2n) is 5.22. The van der Waals surface area contributed by atoms with Crippen molar-refractivity contribution in [3.8, 4) is 5.75 Å². The topological polar surface area (TPSA) is 38.3 Å². The summed E-state index contributed by atoms with van der Waals surface area (Å²) < 4.78 is 5.68. The largest absolute Gasteiger partial charge is 0.481 e. The molecule has 0 spiro atoms. The van der Waals surface area contributed by atoms with E-state index in [1.165, 1.54) is 0 Å². The maximum absolute atomic E-state index is 12.2. The molecule has 110 valence electrons. The summed E-state index contributed by atoms with van der Waals surface area (Å²) in [7, 11) is 0. The summed E-state index contributed by atoms with van der Waals surface area (Å²) in [6.07, 6.45) is -0.530. The van der Waals surface area contributed by atoms with Gasteiger partial charge in [-0.05, 0) is 44.0 Å². The number of carbonyl (C=O) groups is 1. The average Bonchev–Trinajstić information content (AvgIpc) is 2.48. The van der Waals surface area contributed by atoms with Crippen molar-refractivity contribution in [1.29, 1.82) is 0 Å². The molecular formula is C18H21NO2. The number of nitrogens with one attached hydrogen (secondary N) is 1. The van der Waals surface area contributed by atoms with E-state index in [-0.39, 0.29) is 11.9 Å². The Morgan fingerprint density at radius 1 is 1.05 bits per heavy atom. The van der Waals surface area contributed by atoms with E-state index in [2.05, 4.69) is 5.32 Å². The Labute approximate surface area is 126 Å². The number of ether oxygens (including phenoxy) is 1.